The molecular weight excluding hydrogens is 212 g/mol. The van der Waals surface area contributed by atoms with Crippen LogP contribution in [0.3, 0.4) is 0 Å². The summed E-state index contributed by atoms with van der Waals surface area (Å²) < 4.78 is 5.79. The Balaban J connectivity index is 2.01. The van der Waals surface area contributed by atoms with Crippen LogP contribution in [0.25, 0.3) is 0 Å². The first-order valence-corrected chi connectivity index (χ1v) is 6.60. The number of aryl methyl sites for hydroxylation is 1. The fraction of sp³-hybridized carbons (Fsp3) is 0.714. The molecule has 0 amide bonds. The summed E-state index contributed by atoms with van der Waals surface area (Å²) in [6.07, 6.45) is 3.84. The third-order valence-corrected chi connectivity index (χ3v) is 3.67. The van der Waals surface area contributed by atoms with Gasteiger partial charge < -0.3 is 9.73 Å². The number of piperidine rings is 1. The van der Waals surface area contributed by atoms with Gasteiger partial charge in [-0.05, 0) is 71.4 Å². The minimum Gasteiger partial charge on any atom is -0.465 e. The van der Waals surface area contributed by atoms with Gasteiger partial charge in [-0.15, -0.1) is 0 Å². The van der Waals surface area contributed by atoms with Crippen molar-refractivity contribution in [3.05, 3.63) is 23.7 Å². The lowest BCUT2D eigenvalue weighted by molar-refractivity contribution is 0.198. The van der Waals surface area contributed by atoms with Crippen LogP contribution >= 0.6 is 0 Å². The normalized spacial score (nSPS) is 22.9. The van der Waals surface area contributed by atoms with Crippen LogP contribution in [0, 0.1) is 12.8 Å². The highest BCUT2D eigenvalue weighted by atomic mass is 16.3. The predicted molar refractivity (Wildman–Crippen MR) is 70.1 cm³/mol. The van der Waals surface area contributed by atoms with Gasteiger partial charge in [0.15, 0.2) is 0 Å². The molecule has 1 aromatic heterocycles. The first-order valence-electron chi connectivity index (χ1n) is 6.60. The molecule has 0 radical (unpaired) electrons. The second-order valence-electron chi connectivity index (χ2n) is 5.38. The van der Waals surface area contributed by atoms with E-state index in [0.717, 1.165) is 24.0 Å². The van der Waals surface area contributed by atoms with E-state index < -0.39 is 0 Å². The highest BCUT2D eigenvalue weighted by Gasteiger charge is 2.23. The van der Waals surface area contributed by atoms with E-state index in [2.05, 4.69) is 36.4 Å². The summed E-state index contributed by atoms with van der Waals surface area (Å²) in [6, 6.07) is 4.59. The average molecular weight is 236 g/mol. The topological polar surface area (TPSA) is 28.4 Å². The van der Waals surface area contributed by atoms with E-state index in [1.807, 2.05) is 6.92 Å². The number of hydrogen-bond acceptors (Lipinski definition) is 3. The van der Waals surface area contributed by atoms with Crippen LogP contribution in [0.1, 0.15) is 36.8 Å². The monoisotopic (exact) mass is 236 g/mol. The number of furan rings is 1. The fourth-order valence-corrected chi connectivity index (χ4v) is 2.65. The van der Waals surface area contributed by atoms with Crippen molar-refractivity contribution in [2.75, 3.05) is 27.2 Å². The maximum Gasteiger partial charge on any atom is 0.121 e. The van der Waals surface area contributed by atoms with Crippen LogP contribution in [-0.4, -0.2) is 32.1 Å². The quantitative estimate of drug-likeness (QED) is 0.871. The van der Waals surface area contributed by atoms with E-state index >= 15 is 0 Å². The van der Waals surface area contributed by atoms with Gasteiger partial charge >= 0.3 is 0 Å². The van der Waals surface area contributed by atoms with E-state index in [-0.39, 0.29) is 0 Å². The van der Waals surface area contributed by atoms with Crippen molar-refractivity contribution >= 4 is 0 Å². The second kappa shape index (κ2) is 5.69. The summed E-state index contributed by atoms with van der Waals surface area (Å²) in [4.78, 5) is 2.27. The van der Waals surface area contributed by atoms with Crippen molar-refractivity contribution in [1.29, 1.82) is 0 Å². The Morgan fingerprint density at radius 2 is 2.29 bits per heavy atom. The van der Waals surface area contributed by atoms with Gasteiger partial charge in [0.1, 0.15) is 11.5 Å². The van der Waals surface area contributed by atoms with Crippen molar-refractivity contribution in [3.63, 3.8) is 0 Å². The summed E-state index contributed by atoms with van der Waals surface area (Å²) in [7, 11) is 4.28. The smallest absolute Gasteiger partial charge is 0.121 e. The summed E-state index contributed by atoms with van der Waals surface area (Å²) in [5.74, 6) is 2.90. The van der Waals surface area contributed by atoms with Gasteiger partial charge in [-0.2, -0.15) is 0 Å². The predicted octanol–water partition coefficient (Wildman–Crippen LogP) is 2.58. The Kier molecular flexibility index (Phi) is 4.24. The van der Waals surface area contributed by atoms with Gasteiger partial charge in [0.05, 0.1) is 6.04 Å². The van der Waals surface area contributed by atoms with Crippen LogP contribution in [0.5, 0.6) is 0 Å². The standard InChI is InChI=1S/C14H24N2O/c1-11-6-7-14(17-11)13(16(2)3)9-12-5-4-8-15-10-12/h6-7,12-13,15H,4-5,8-10H2,1-3H3. The summed E-state index contributed by atoms with van der Waals surface area (Å²) in [6.45, 7) is 4.35. The second-order valence-corrected chi connectivity index (χ2v) is 5.38. The molecule has 17 heavy (non-hydrogen) atoms. The number of hydrogen-bond donors (Lipinski definition) is 1. The molecule has 1 aromatic rings. The van der Waals surface area contributed by atoms with Gasteiger partial charge in [0, 0.05) is 0 Å². The molecule has 1 aliphatic rings. The molecule has 1 saturated heterocycles. The van der Waals surface area contributed by atoms with Gasteiger partial charge in [-0.1, -0.05) is 0 Å². The van der Waals surface area contributed by atoms with Crippen molar-refractivity contribution in [2.45, 2.75) is 32.2 Å². The Labute approximate surface area is 104 Å². The molecule has 0 aliphatic carbocycles. The molecule has 0 spiro atoms. The summed E-state index contributed by atoms with van der Waals surface area (Å²) >= 11 is 0. The lowest BCUT2D eigenvalue weighted by Crippen LogP contribution is -2.32. The molecule has 1 fully saturated rings. The van der Waals surface area contributed by atoms with Crippen LogP contribution in [0.15, 0.2) is 16.5 Å². The largest absolute Gasteiger partial charge is 0.465 e. The molecular formula is C14H24N2O. The first-order chi connectivity index (χ1) is 8.16. The van der Waals surface area contributed by atoms with Crippen molar-refractivity contribution < 1.29 is 4.42 Å². The molecule has 0 saturated carbocycles. The molecule has 1 N–H and O–H groups in total. The lowest BCUT2D eigenvalue weighted by Gasteiger charge is -2.29. The van der Waals surface area contributed by atoms with Crippen molar-refractivity contribution in [3.8, 4) is 0 Å². The third kappa shape index (κ3) is 3.33. The van der Waals surface area contributed by atoms with Crippen molar-refractivity contribution in [2.24, 2.45) is 5.92 Å². The van der Waals surface area contributed by atoms with Gasteiger partial charge in [0.25, 0.3) is 0 Å². The van der Waals surface area contributed by atoms with E-state index in [9.17, 15) is 0 Å². The zero-order chi connectivity index (χ0) is 12.3. The minimum atomic E-state index is 0.411. The maximum absolute atomic E-state index is 5.79. The van der Waals surface area contributed by atoms with Gasteiger partial charge in [-0.3, -0.25) is 4.90 Å². The maximum atomic E-state index is 5.79. The summed E-state index contributed by atoms with van der Waals surface area (Å²) in [5.41, 5.74) is 0. The lowest BCUT2D eigenvalue weighted by atomic mass is 9.91. The Morgan fingerprint density at radius 1 is 1.47 bits per heavy atom. The SMILES string of the molecule is Cc1ccc(C(CC2CCCNC2)N(C)C)o1. The van der Waals surface area contributed by atoms with E-state index in [1.54, 1.807) is 0 Å². The van der Waals surface area contributed by atoms with E-state index in [1.165, 1.54) is 25.8 Å². The molecule has 2 atom stereocenters. The Bertz CT molecular complexity index is 340. The van der Waals surface area contributed by atoms with Crippen LogP contribution in [0.4, 0.5) is 0 Å². The molecule has 2 heterocycles. The van der Waals surface area contributed by atoms with Crippen LogP contribution in [0.2, 0.25) is 0 Å². The first kappa shape index (κ1) is 12.7. The molecule has 3 heteroatoms. The van der Waals surface area contributed by atoms with Gasteiger partial charge in [-0.25, -0.2) is 0 Å². The zero-order valence-electron chi connectivity index (χ0n) is 11.2. The highest BCUT2D eigenvalue weighted by Crippen LogP contribution is 2.29. The van der Waals surface area contributed by atoms with E-state index in [0.29, 0.717) is 6.04 Å². The van der Waals surface area contributed by atoms with Crippen molar-refractivity contribution in [1.82, 2.24) is 10.2 Å². The van der Waals surface area contributed by atoms with Crippen LogP contribution in [-0.2, 0) is 0 Å². The molecule has 2 rings (SSSR count). The fourth-order valence-electron chi connectivity index (χ4n) is 2.65. The minimum absolute atomic E-state index is 0.411. The molecule has 1 aliphatic heterocycles. The van der Waals surface area contributed by atoms with Crippen LogP contribution < -0.4 is 5.32 Å². The van der Waals surface area contributed by atoms with E-state index in [4.69, 9.17) is 4.42 Å². The number of nitrogens with one attached hydrogen (secondary N) is 1. The number of nitrogens with zero attached hydrogens (tertiary/aromatic N) is 1. The molecule has 2 unspecified atom stereocenters. The molecule has 96 valence electrons. The average Bonchev–Trinajstić information content (AvgIpc) is 2.73. The molecule has 0 aromatic carbocycles. The Hall–Kier alpha value is -0.800. The van der Waals surface area contributed by atoms with Gasteiger partial charge in [0.2, 0.25) is 0 Å². The Morgan fingerprint density at radius 3 is 2.82 bits per heavy atom. The highest BCUT2D eigenvalue weighted by molar-refractivity contribution is 5.10. The molecule has 0 bridgehead atoms. The number of rotatable bonds is 4. The summed E-state index contributed by atoms with van der Waals surface area (Å²) in [5, 5.41) is 3.49. The zero-order valence-corrected chi connectivity index (χ0v) is 11.2. The molecule has 3 nitrogen and oxygen atoms in total. The third-order valence-electron chi connectivity index (χ3n) is 3.67.